The maximum atomic E-state index is 10.9. The molecule has 0 fully saturated rings. The number of carbonyl (C=O) groups excluding carboxylic acids is 2. The second-order valence-corrected chi connectivity index (χ2v) is 4.12. The predicted molar refractivity (Wildman–Crippen MR) is 72.1 cm³/mol. The van der Waals surface area contributed by atoms with E-state index in [1.54, 1.807) is 4.90 Å². The van der Waals surface area contributed by atoms with Gasteiger partial charge < -0.3 is 16.8 Å². The molecule has 0 aliphatic heterocycles. The molecule has 0 saturated heterocycles. The van der Waals surface area contributed by atoms with Crippen LogP contribution in [-0.4, -0.2) is 41.3 Å². The van der Waals surface area contributed by atoms with Crippen molar-refractivity contribution >= 4 is 17.6 Å². The van der Waals surface area contributed by atoms with Crippen molar-refractivity contribution in [2.45, 2.75) is 13.5 Å². The van der Waals surface area contributed by atoms with Gasteiger partial charge in [0.15, 0.2) is 0 Å². The lowest BCUT2D eigenvalue weighted by molar-refractivity contribution is -0.122. The number of hydrogen-bond donors (Lipinski definition) is 3. The number of hydrogen-bond acceptors (Lipinski definition) is 5. The van der Waals surface area contributed by atoms with Gasteiger partial charge in [0.25, 0.3) is 0 Å². The number of nitrogens with two attached hydrogens (primary N) is 2. The average Bonchev–Trinajstić information content (AvgIpc) is 2.27. The van der Waals surface area contributed by atoms with E-state index in [1.165, 1.54) is 0 Å². The first-order chi connectivity index (χ1) is 9.01. The van der Waals surface area contributed by atoms with Crippen LogP contribution in [0, 0.1) is 0 Å². The summed E-state index contributed by atoms with van der Waals surface area (Å²) in [4.78, 5) is 27.8. The van der Waals surface area contributed by atoms with Gasteiger partial charge in [0, 0.05) is 13.1 Å². The van der Waals surface area contributed by atoms with Crippen molar-refractivity contribution in [3.63, 3.8) is 0 Å². The first kappa shape index (κ1) is 14.9. The summed E-state index contributed by atoms with van der Waals surface area (Å²) in [6.07, 6.45) is 0. The van der Waals surface area contributed by atoms with Gasteiger partial charge in [-0.25, -0.2) is 4.98 Å². The van der Waals surface area contributed by atoms with Crippen LogP contribution < -0.4 is 16.8 Å². The molecule has 0 atom stereocenters. The van der Waals surface area contributed by atoms with Crippen LogP contribution in [0.4, 0.5) is 5.82 Å². The lowest BCUT2D eigenvalue weighted by atomic mass is 10.3. The van der Waals surface area contributed by atoms with Crippen LogP contribution in [0.5, 0.6) is 0 Å². The van der Waals surface area contributed by atoms with Crippen LogP contribution in [0.3, 0.4) is 0 Å². The molecule has 0 aromatic carbocycles. The van der Waals surface area contributed by atoms with E-state index in [2.05, 4.69) is 10.3 Å². The van der Waals surface area contributed by atoms with E-state index in [-0.39, 0.29) is 13.1 Å². The highest BCUT2D eigenvalue weighted by atomic mass is 16.2. The summed E-state index contributed by atoms with van der Waals surface area (Å²) in [5.74, 6) is -0.272. The van der Waals surface area contributed by atoms with E-state index in [0.29, 0.717) is 6.54 Å². The van der Waals surface area contributed by atoms with Crippen LogP contribution >= 0.6 is 0 Å². The van der Waals surface area contributed by atoms with Crippen molar-refractivity contribution in [2.24, 2.45) is 11.5 Å². The Balaban J connectivity index is 2.73. The Morgan fingerprint density at radius 2 is 1.89 bits per heavy atom. The molecule has 19 heavy (non-hydrogen) atoms. The number of aromatic nitrogens is 1. The standard InChI is InChI=1S/C12H19N5O2/c1-2-15-12-5-3-4-9(16-12)6-17(7-10(13)18)8-11(14)19/h3-5H,2,6-8H2,1H3,(H2,13,18)(H2,14,19)(H,15,16). The van der Waals surface area contributed by atoms with Gasteiger partial charge in [0.05, 0.1) is 18.8 Å². The summed E-state index contributed by atoms with van der Waals surface area (Å²) in [6, 6.07) is 5.52. The van der Waals surface area contributed by atoms with E-state index in [1.807, 2.05) is 25.1 Å². The predicted octanol–water partition coefficient (Wildman–Crippen LogP) is -0.714. The number of nitrogens with one attached hydrogen (secondary N) is 1. The van der Waals surface area contributed by atoms with E-state index in [9.17, 15) is 9.59 Å². The number of pyridine rings is 1. The molecule has 5 N–H and O–H groups in total. The fourth-order valence-electron chi connectivity index (χ4n) is 1.68. The van der Waals surface area contributed by atoms with Gasteiger partial charge in [-0.2, -0.15) is 0 Å². The molecule has 1 aromatic rings. The molecular formula is C12H19N5O2. The maximum absolute atomic E-state index is 10.9. The fourth-order valence-corrected chi connectivity index (χ4v) is 1.68. The number of amides is 2. The summed E-state index contributed by atoms with van der Waals surface area (Å²) in [5, 5.41) is 3.09. The molecule has 1 rings (SSSR count). The fraction of sp³-hybridized carbons (Fsp3) is 0.417. The molecule has 0 radical (unpaired) electrons. The molecule has 0 aliphatic carbocycles. The van der Waals surface area contributed by atoms with Crippen molar-refractivity contribution in [1.29, 1.82) is 0 Å². The zero-order valence-electron chi connectivity index (χ0n) is 10.9. The maximum Gasteiger partial charge on any atom is 0.231 e. The van der Waals surface area contributed by atoms with Crippen molar-refractivity contribution in [1.82, 2.24) is 9.88 Å². The van der Waals surface area contributed by atoms with Crippen molar-refractivity contribution in [2.75, 3.05) is 25.0 Å². The first-order valence-corrected chi connectivity index (χ1v) is 6.00. The molecule has 104 valence electrons. The zero-order valence-corrected chi connectivity index (χ0v) is 10.9. The van der Waals surface area contributed by atoms with Crippen LogP contribution in [0.2, 0.25) is 0 Å². The van der Waals surface area contributed by atoms with Gasteiger partial charge in [-0.3, -0.25) is 14.5 Å². The summed E-state index contributed by atoms with van der Waals surface area (Å²) < 4.78 is 0. The molecule has 0 saturated carbocycles. The smallest absolute Gasteiger partial charge is 0.231 e. The minimum atomic E-state index is -0.510. The minimum absolute atomic E-state index is 0.0317. The molecular weight excluding hydrogens is 246 g/mol. The monoisotopic (exact) mass is 265 g/mol. The van der Waals surface area contributed by atoms with Crippen molar-refractivity contribution in [3.05, 3.63) is 23.9 Å². The molecule has 0 bridgehead atoms. The lowest BCUT2D eigenvalue weighted by Gasteiger charge is -2.18. The number of rotatable bonds is 8. The Bertz CT molecular complexity index is 434. The summed E-state index contributed by atoms with van der Waals surface area (Å²) in [6.45, 7) is 3.01. The highest BCUT2D eigenvalue weighted by Crippen LogP contribution is 2.07. The second-order valence-electron chi connectivity index (χ2n) is 4.12. The van der Waals surface area contributed by atoms with Gasteiger partial charge in [-0.15, -0.1) is 0 Å². The van der Waals surface area contributed by atoms with Crippen molar-refractivity contribution in [3.8, 4) is 0 Å². The summed E-state index contributed by atoms with van der Waals surface area (Å²) in [7, 11) is 0. The lowest BCUT2D eigenvalue weighted by Crippen LogP contribution is -2.39. The summed E-state index contributed by atoms with van der Waals surface area (Å²) in [5.41, 5.74) is 11.0. The third-order valence-electron chi connectivity index (χ3n) is 2.31. The highest BCUT2D eigenvalue weighted by Gasteiger charge is 2.12. The van der Waals surface area contributed by atoms with E-state index in [0.717, 1.165) is 18.1 Å². The first-order valence-electron chi connectivity index (χ1n) is 6.00. The number of carbonyl (C=O) groups is 2. The van der Waals surface area contributed by atoms with Crippen LogP contribution in [0.15, 0.2) is 18.2 Å². The molecule has 1 aromatic heterocycles. The quantitative estimate of drug-likeness (QED) is 0.574. The van der Waals surface area contributed by atoms with Gasteiger partial charge in [-0.1, -0.05) is 6.07 Å². The van der Waals surface area contributed by atoms with Crippen LogP contribution in [-0.2, 0) is 16.1 Å². The highest BCUT2D eigenvalue weighted by molar-refractivity contribution is 5.79. The third-order valence-corrected chi connectivity index (χ3v) is 2.31. The third kappa shape index (κ3) is 5.82. The van der Waals surface area contributed by atoms with E-state index in [4.69, 9.17) is 11.5 Å². The van der Waals surface area contributed by atoms with Crippen molar-refractivity contribution < 1.29 is 9.59 Å². The van der Waals surface area contributed by atoms with E-state index < -0.39 is 11.8 Å². The molecule has 2 amide bonds. The largest absolute Gasteiger partial charge is 0.370 e. The van der Waals surface area contributed by atoms with Gasteiger partial charge in [-0.05, 0) is 19.1 Å². The Kier molecular flexibility index (Phi) is 5.74. The summed E-state index contributed by atoms with van der Waals surface area (Å²) >= 11 is 0. The van der Waals surface area contributed by atoms with Gasteiger partial charge >= 0.3 is 0 Å². The average molecular weight is 265 g/mol. The normalized spacial score (nSPS) is 10.4. The number of primary amides is 2. The number of anilines is 1. The molecule has 0 spiro atoms. The zero-order chi connectivity index (χ0) is 14.3. The van der Waals surface area contributed by atoms with Crippen LogP contribution in [0.1, 0.15) is 12.6 Å². The molecule has 7 nitrogen and oxygen atoms in total. The second kappa shape index (κ2) is 7.32. The molecule has 1 heterocycles. The Morgan fingerprint density at radius 1 is 1.26 bits per heavy atom. The molecule has 7 heteroatoms. The van der Waals surface area contributed by atoms with Crippen LogP contribution in [0.25, 0.3) is 0 Å². The number of nitrogens with zero attached hydrogens (tertiary/aromatic N) is 2. The van der Waals surface area contributed by atoms with Gasteiger partial charge in [0.2, 0.25) is 11.8 Å². The topological polar surface area (TPSA) is 114 Å². The van der Waals surface area contributed by atoms with Gasteiger partial charge in [0.1, 0.15) is 5.82 Å². The molecule has 0 unspecified atom stereocenters. The van der Waals surface area contributed by atoms with E-state index >= 15 is 0 Å². The Labute approximate surface area is 112 Å². The minimum Gasteiger partial charge on any atom is -0.370 e. The molecule has 0 aliphatic rings. The Hall–Kier alpha value is -2.15. The SMILES string of the molecule is CCNc1cccc(CN(CC(N)=O)CC(N)=O)n1. The Morgan fingerprint density at radius 3 is 2.42 bits per heavy atom.